The Morgan fingerprint density at radius 2 is 1.59 bits per heavy atom. The lowest BCUT2D eigenvalue weighted by Gasteiger charge is -2.43. The normalized spacial score (nSPS) is 20.3. The van der Waals surface area contributed by atoms with Crippen LogP contribution in [0.3, 0.4) is 0 Å². The fourth-order valence-corrected chi connectivity index (χ4v) is 8.48. The topological polar surface area (TPSA) is 57.3 Å². The Bertz CT molecular complexity index is 735. The van der Waals surface area contributed by atoms with E-state index in [1.54, 1.807) is 0 Å². The molecule has 1 aliphatic heterocycles. The molecule has 0 amide bonds. The van der Waals surface area contributed by atoms with E-state index in [0.29, 0.717) is 6.61 Å². The SMILES string of the molecule is COCO[C@@H](C=O)[C@@H]1O[C@@H]1CO[Si](c1ccccc1)(c1ccccc1)C(C)(C)C. The molecular weight excluding hydrogens is 384 g/mol. The van der Waals surface area contributed by atoms with Gasteiger partial charge in [-0.1, -0.05) is 81.4 Å². The predicted octanol–water partition coefficient (Wildman–Crippen LogP) is 2.52. The lowest BCUT2D eigenvalue weighted by atomic mass is 10.2. The number of benzene rings is 2. The van der Waals surface area contributed by atoms with Crippen LogP contribution in [0.2, 0.25) is 5.04 Å². The van der Waals surface area contributed by atoms with E-state index in [4.69, 9.17) is 18.6 Å². The molecule has 156 valence electrons. The van der Waals surface area contributed by atoms with E-state index in [0.717, 1.165) is 6.29 Å². The molecule has 0 aromatic heterocycles. The van der Waals surface area contributed by atoms with Crippen LogP contribution in [0.5, 0.6) is 0 Å². The zero-order valence-corrected chi connectivity index (χ0v) is 18.5. The van der Waals surface area contributed by atoms with Crippen LogP contribution in [0.4, 0.5) is 0 Å². The van der Waals surface area contributed by atoms with Gasteiger partial charge in [0.2, 0.25) is 0 Å². The highest BCUT2D eigenvalue weighted by Crippen LogP contribution is 2.38. The Morgan fingerprint density at radius 1 is 1.03 bits per heavy atom. The molecule has 1 saturated heterocycles. The third kappa shape index (κ3) is 4.68. The maximum absolute atomic E-state index is 11.3. The molecule has 2 aromatic carbocycles. The van der Waals surface area contributed by atoms with Crippen LogP contribution in [0.1, 0.15) is 20.8 Å². The largest absolute Gasteiger partial charge is 0.405 e. The van der Waals surface area contributed by atoms with Crippen LogP contribution in [0.15, 0.2) is 60.7 Å². The summed E-state index contributed by atoms with van der Waals surface area (Å²) in [5.41, 5.74) is 0. The molecule has 29 heavy (non-hydrogen) atoms. The maximum atomic E-state index is 11.3. The Morgan fingerprint density at radius 3 is 2.03 bits per heavy atom. The molecule has 3 atom stereocenters. The number of carbonyl (C=O) groups excluding carboxylic acids is 1. The van der Waals surface area contributed by atoms with Crippen molar-refractivity contribution in [2.24, 2.45) is 0 Å². The average molecular weight is 415 g/mol. The number of aldehydes is 1. The molecule has 0 bridgehead atoms. The van der Waals surface area contributed by atoms with Crippen molar-refractivity contribution < 1.29 is 23.4 Å². The quantitative estimate of drug-likeness (QED) is 0.259. The number of rotatable bonds is 10. The van der Waals surface area contributed by atoms with E-state index in [1.807, 2.05) is 12.1 Å². The molecule has 5 nitrogen and oxygen atoms in total. The zero-order chi connectivity index (χ0) is 20.9. The molecule has 0 N–H and O–H groups in total. The van der Waals surface area contributed by atoms with Crippen LogP contribution in [-0.4, -0.2) is 53.4 Å². The summed E-state index contributed by atoms with van der Waals surface area (Å²) in [6.45, 7) is 7.19. The summed E-state index contributed by atoms with van der Waals surface area (Å²) in [6.07, 6.45) is -0.320. The van der Waals surface area contributed by atoms with Crippen LogP contribution < -0.4 is 10.4 Å². The van der Waals surface area contributed by atoms with Crippen molar-refractivity contribution in [3.05, 3.63) is 60.7 Å². The van der Waals surface area contributed by atoms with E-state index >= 15 is 0 Å². The minimum Gasteiger partial charge on any atom is -0.405 e. The predicted molar refractivity (Wildman–Crippen MR) is 115 cm³/mol. The fourth-order valence-electron chi connectivity index (χ4n) is 3.91. The summed E-state index contributed by atoms with van der Waals surface area (Å²) in [7, 11) is -1.08. The Balaban J connectivity index is 1.87. The van der Waals surface area contributed by atoms with Gasteiger partial charge in [-0.15, -0.1) is 0 Å². The molecular formula is C23H30O5Si. The van der Waals surface area contributed by atoms with Gasteiger partial charge in [0.05, 0.1) is 6.61 Å². The average Bonchev–Trinajstić information content (AvgIpc) is 3.49. The van der Waals surface area contributed by atoms with Gasteiger partial charge >= 0.3 is 0 Å². The van der Waals surface area contributed by atoms with Crippen molar-refractivity contribution in [2.75, 3.05) is 20.5 Å². The number of methoxy groups -OCH3 is 1. The number of epoxide rings is 1. The highest BCUT2D eigenvalue weighted by molar-refractivity contribution is 6.99. The summed E-state index contributed by atoms with van der Waals surface area (Å²) in [4.78, 5) is 11.3. The smallest absolute Gasteiger partial charge is 0.261 e. The summed E-state index contributed by atoms with van der Waals surface area (Å²) in [5.74, 6) is 0. The van der Waals surface area contributed by atoms with E-state index in [2.05, 4.69) is 69.3 Å². The van der Waals surface area contributed by atoms with Gasteiger partial charge in [0.1, 0.15) is 25.1 Å². The molecule has 3 rings (SSSR count). The highest BCUT2D eigenvalue weighted by Gasteiger charge is 2.53. The van der Waals surface area contributed by atoms with Gasteiger partial charge in [-0.2, -0.15) is 0 Å². The van der Waals surface area contributed by atoms with E-state index in [1.165, 1.54) is 17.5 Å². The van der Waals surface area contributed by atoms with Crippen molar-refractivity contribution in [3.63, 3.8) is 0 Å². The summed E-state index contributed by atoms with van der Waals surface area (Å²) in [6, 6.07) is 20.9. The third-order valence-electron chi connectivity index (χ3n) is 5.34. The second-order valence-electron chi connectivity index (χ2n) is 8.29. The summed E-state index contributed by atoms with van der Waals surface area (Å²) in [5, 5.41) is 2.34. The first-order chi connectivity index (χ1) is 13.9. The molecule has 1 fully saturated rings. The van der Waals surface area contributed by atoms with E-state index in [-0.39, 0.29) is 24.0 Å². The number of hydrogen-bond acceptors (Lipinski definition) is 5. The first kappa shape index (κ1) is 21.9. The Kier molecular flexibility index (Phi) is 7.03. The van der Waals surface area contributed by atoms with Gasteiger partial charge < -0.3 is 23.4 Å². The Hall–Kier alpha value is -1.83. The van der Waals surface area contributed by atoms with E-state index in [9.17, 15) is 4.79 Å². The first-order valence-electron chi connectivity index (χ1n) is 9.90. The van der Waals surface area contributed by atoms with Crippen molar-refractivity contribution >= 4 is 25.0 Å². The molecule has 1 aliphatic rings. The molecule has 0 saturated carbocycles. The zero-order valence-electron chi connectivity index (χ0n) is 17.5. The molecule has 2 aromatic rings. The van der Waals surface area contributed by atoms with Gasteiger partial charge in [0.15, 0.2) is 6.29 Å². The minimum atomic E-state index is -2.61. The van der Waals surface area contributed by atoms with Crippen molar-refractivity contribution in [3.8, 4) is 0 Å². The molecule has 1 heterocycles. The van der Waals surface area contributed by atoms with Crippen LogP contribution in [0.25, 0.3) is 0 Å². The standard InChI is InChI=1S/C23H30O5Si/c1-23(2,3)29(18-11-7-5-8-12-18,19-13-9-6-10-14-19)27-16-21-22(28-21)20(15-24)26-17-25-4/h5-15,20-22H,16-17H2,1-4H3/t20-,21+,22-/m0/s1. The van der Waals surface area contributed by atoms with Gasteiger partial charge in [-0.05, 0) is 15.4 Å². The van der Waals surface area contributed by atoms with Gasteiger partial charge in [-0.3, -0.25) is 0 Å². The third-order valence-corrected chi connectivity index (χ3v) is 10.3. The molecule has 0 aliphatic carbocycles. The van der Waals surface area contributed by atoms with Gasteiger partial charge in [0, 0.05) is 7.11 Å². The summed E-state index contributed by atoms with van der Waals surface area (Å²) < 4.78 is 22.9. The number of carbonyl (C=O) groups is 1. The first-order valence-corrected chi connectivity index (χ1v) is 11.8. The molecule has 6 heteroatoms. The lowest BCUT2D eigenvalue weighted by molar-refractivity contribution is -0.129. The van der Waals surface area contributed by atoms with Crippen molar-refractivity contribution in [2.45, 2.75) is 44.1 Å². The van der Waals surface area contributed by atoms with Crippen LogP contribution >= 0.6 is 0 Å². The second kappa shape index (κ2) is 9.32. The van der Waals surface area contributed by atoms with Crippen LogP contribution in [-0.2, 0) is 23.4 Å². The highest BCUT2D eigenvalue weighted by atomic mass is 28.4. The van der Waals surface area contributed by atoms with Gasteiger partial charge in [-0.25, -0.2) is 0 Å². The van der Waals surface area contributed by atoms with Crippen molar-refractivity contribution in [1.29, 1.82) is 0 Å². The number of ether oxygens (including phenoxy) is 3. The molecule has 0 radical (unpaired) electrons. The van der Waals surface area contributed by atoms with E-state index < -0.39 is 14.4 Å². The minimum absolute atomic E-state index is 0.0611. The van der Waals surface area contributed by atoms with Gasteiger partial charge in [0.25, 0.3) is 8.32 Å². The fraction of sp³-hybridized carbons (Fsp3) is 0.435. The lowest BCUT2D eigenvalue weighted by Crippen LogP contribution is -2.66. The maximum Gasteiger partial charge on any atom is 0.261 e. The molecule has 0 spiro atoms. The monoisotopic (exact) mass is 414 g/mol. The Labute approximate surface area is 174 Å². The van der Waals surface area contributed by atoms with Crippen molar-refractivity contribution in [1.82, 2.24) is 0 Å². The summed E-state index contributed by atoms with van der Waals surface area (Å²) >= 11 is 0. The second-order valence-corrected chi connectivity index (χ2v) is 12.6. The van der Waals surface area contributed by atoms with Crippen LogP contribution in [0, 0.1) is 0 Å². The molecule has 0 unspecified atom stereocenters. The number of hydrogen-bond donors (Lipinski definition) is 0.